The standard InChI is InChI=1S/C23H30ClN7O2/c1-13(2)31-12-26-18-19(27-16-10-15(24)11-25-21(16)33)29-22(30-20(18)31)28-17-9-14-3-5-23(17,6-4-14)7-8-32/h10-14,17,32H,3-9H2,1-2H3,(H,25,33)(H2,27,28,29,30)/t14?,17-,23?/m1/s1. The predicted octanol–water partition coefficient (Wildman–Crippen LogP) is 4.24. The Labute approximate surface area is 197 Å². The molecule has 0 unspecified atom stereocenters. The number of aromatic nitrogens is 5. The number of anilines is 3. The van der Waals surface area contributed by atoms with Crippen molar-refractivity contribution in [2.24, 2.45) is 11.3 Å². The molecule has 3 aromatic rings. The number of aliphatic hydroxyl groups is 1. The Morgan fingerprint density at radius 3 is 2.85 bits per heavy atom. The predicted molar refractivity (Wildman–Crippen MR) is 129 cm³/mol. The average Bonchev–Trinajstić information content (AvgIpc) is 3.22. The van der Waals surface area contributed by atoms with Crippen LogP contribution in [0.3, 0.4) is 0 Å². The molecule has 0 amide bonds. The van der Waals surface area contributed by atoms with E-state index in [1.807, 2.05) is 4.57 Å². The van der Waals surface area contributed by atoms with E-state index in [1.54, 1.807) is 12.4 Å². The second kappa shape index (κ2) is 8.61. The van der Waals surface area contributed by atoms with E-state index >= 15 is 0 Å². The Balaban J connectivity index is 1.55. The minimum atomic E-state index is -0.296. The smallest absolute Gasteiger partial charge is 0.271 e. The van der Waals surface area contributed by atoms with Crippen molar-refractivity contribution in [1.82, 2.24) is 24.5 Å². The molecule has 4 N–H and O–H groups in total. The van der Waals surface area contributed by atoms with E-state index < -0.39 is 0 Å². The summed E-state index contributed by atoms with van der Waals surface area (Å²) in [6.45, 7) is 4.33. The monoisotopic (exact) mass is 471 g/mol. The highest BCUT2D eigenvalue weighted by Gasteiger charge is 2.47. The normalized spacial score (nSPS) is 24.5. The lowest BCUT2D eigenvalue weighted by Gasteiger charge is -2.52. The molecule has 2 bridgehead atoms. The zero-order chi connectivity index (χ0) is 23.2. The number of imidazole rings is 1. The molecule has 0 radical (unpaired) electrons. The van der Waals surface area contributed by atoms with Gasteiger partial charge in [-0.25, -0.2) is 4.98 Å². The molecule has 3 aliphatic rings. The van der Waals surface area contributed by atoms with E-state index in [0.29, 0.717) is 39.6 Å². The number of fused-ring (bicyclic) bond motifs is 4. The second-order valence-corrected chi connectivity index (χ2v) is 10.1. The fourth-order valence-corrected chi connectivity index (χ4v) is 5.72. The van der Waals surface area contributed by atoms with Crippen LogP contribution in [0.1, 0.15) is 58.4 Å². The first kappa shape index (κ1) is 22.2. The molecule has 3 saturated carbocycles. The summed E-state index contributed by atoms with van der Waals surface area (Å²) in [6, 6.07) is 1.93. The van der Waals surface area contributed by atoms with Gasteiger partial charge in [0.1, 0.15) is 5.69 Å². The van der Waals surface area contributed by atoms with Crippen molar-refractivity contribution in [2.75, 3.05) is 17.2 Å². The van der Waals surface area contributed by atoms with Crippen molar-refractivity contribution in [1.29, 1.82) is 0 Å². The molecule has 10 heteroatoms. The van der Waals surface area contributed by atoms with Crippen molar-refractivity contribution >= 4 is 40.2 Å². The zero-order valence-corrected chi connectivity index (χ0v) is 19.7. The summed E-state index contributed by atoms with van der Waals surface area (Å²) in [7, 11) is 0. The SMILES string of the molecule is CC(C)n1cnc2c(Nc3cc(Cl)c[nH]c3=O)nc(N[C@@H]3CC4CCC3(CCO)CC4)nc21. The molecule has 3 aliphatic carbocycles. The number of H-pyrrole nitrogens is 1. The summed E-state index contributed by atoms with van der Waals surface area (Å²) in [5.74, 6) is 1.66. The summed E-state index contributed by atoms with van der Waals surface area (Å²) in [6.07, 6.45) is 9.72. The first-order valence-corrected chi connectivity index (χ1v) is 12.0. The van der Waals surface area contributed by atoms with Crippen molar-refractivity contribution in [2.45, 2.75) is 64.5 Å². The topological polar surface area (TPSA) is 121 Å². The molecular formula is C23H30ClN7O2. The van der Waals surface area contributed by atoms with Gasteiger partial charge in [0, 0.05) is 24.9 Å². The fraction of sp³-hybridized carbons (Fsp3) is 0.565. The molecule has 33 heavy (non-hydrogen) atoms. The maximum absolute atomic E-state index is 12.3. The molecule has 176 valence electrons. The van der Waals surface area contributed by atoms with E-state index in [0.717, 1.165) is 25.7 Å². The van der Waals surface area contributed by atoms with Gasteiger partial charge in [-0.15, -0.1) is 0 Å². The van der Waals surface area contributed by atoms with Crippen LogP contribution in [-0.2, 0) is 0 Å². The number of nitrogens with one attached hydrogen (secondary N) is 3. The molecule has 0 aliphatic heterocycles. The van der Waals surface area contributed by atoms with Gasteiger partial charge in [-0.2, -0.15) is 9.97 Å². The average molecular weight is 472 g/mol. The van der Waals surface area contributed by atoms with Crippen LogP contribution in [-0.4, -0.2) is 42.3 Å². The summed E-state index contributed by atoms with van der Waals surface area (Å²) in [5.41, 5.74) is 1.35. The number of aromatic amines is 1. The highest BCUT2D eigenvalue weighted by molar-refractivity contribution is 6.30. The van der Waals surface area contributed by atoms with Crippen molar-refractivity contribution in [3.63, 3.8) is 0 Å². The zero-order valence-electron chi connectivity index (χ0n) is 18.9. The number of halogens is 1. The molecule has 3 heterocycles. The third kappa shape index (κ3) is 4.08. The van der Waals surface area contributed by atoms with Gasteiger partial charge in [0.25, 0.3) is 5.56 Å². The fourth-order valence-electron chi connectivity index (χ4n) is 5.56. The number of nitrogens with zero attached hydrogens (tertiary/aromatic N) is 4. The minimum Gasteiger partial charge on any atom is -0.396 e. The molecule has 0 aromatic carbocycles. The van der Waals surface area contributed by atoms with Crippen LogP contribution in [0.2, 0.25) is 5.02 Å². The Morgan fingerprint density at radius 1 is 1.33 bits per heavy atom. The summed E-state index contributed by atoms with van der Waals surface area (Å²) < 4.78 is 1.99. The molecule has 6 rings (SSSR count). The van der Waals surface area contributed by atoms with Crippen molar-refractivity contribution in [3.05, 3.63) is 34.0 Å². The van der Waals surface area contributed by atoms with E-state index in [4.69, 9.17) is 21.6 Å². The third-order valence-corrected chi connectivity index (χ3v) is 7.64. The maximum atomic E-state index is 12.3. The minimum absolute atomic E-state index is 0.0673. The van der Waals surface area contributed by atoms with Crippen LogP contribution in [0.15, 0.2) is 23.4 Å². The molecular weight excluding hydrogens is 442 g/mol. The Hall–Kier alpha value is -2.65. The summed E-state index contributed by atoms with van der Waals surface area (Å²) in [5, 5.41) is 16.9. The van der Waals surface area contributed by atoms with Crippen LogP contribution in [0, 0.1) is 11.3 Å². The van der Waals surface area contributed by atoms with Gasteiger partial charge in [-0.05, 0) is 69.8 Å². The third-order valence-electron chi connectivity index (χ3n) is 7.42. The number of hydrogen-bond donors (Lipinski definition) is 4. The number of aliphatic hydroxyl groups excluding tert-OH is 1. The van der Waals surface area contributed by atoms with Crippen LogP contribution in [0.5, 0.6) is 0 Å². The van der Waals surface area contributed by atoms with E-state index in [9.17, 15) is 9.90 Å². The van der Waals surface area contributed by atoms with E-state index in [-0.39, 0.29) is 29.7 Å². The lowest BCUT2D eigenvalue weighted by atomic mass is 9.56. The van der Waals surface area contributed by atoms with Gasteiger partial charge in [0.05, 0.1) is 11.3 Å². The number of rotatable bonds is 7. The van der Waals surface area contributed by atoms with E-state index in [2.05, 4.69) is 34.4 Å². The van der Waals surface area contributed by atoms with Gasteiger partial charge in [0.2, 0.25) is 5.95 Å². The number of hydrogen-bond acceptors (Lipinski definition) is 7. The van der Waals surface area contributed by atoms with Crippen LogP contribution in [0.25, 0.3) is 11.2 Å². The van der Waals surface area contributed by atoms with Crippen molar-refractivity contribution < 1.29 is 5.11 Å². The van der Waals surface area contributed by atoms with Gasteiger partial charge in [0.15, 0.2) is 17.0 Å². The first-order chi connectivity index (χ1) is 15.9. The molecule has 1 atom stereocenters. The quantitative estimate of drug-likeness (QED) is 0.406. The molecule has 3 fully saturated rings. The van der Waals surface area contributed by atoms with E-state index in [1.165, 1.54) is 19.0 Å². The van der Waals surface area contributed by atoms with Crippen LogP contribution in [0.4, 0.5) is 17.5 Å². The molecule has 3 aromatic heterocycles. The maximum Gasteiger partial charge on any atom is 0.271 e. The highest BCUT2D eigenvalue weighted by atomic mass is 35.5. The van der Waals surface area contributed by atoms with Gasteiger partial charge in [-0.3, -0.25) is 4.79 Å². The van der Waals surface area contributed by atoms with Crippen LogP contribution < -0.4 is 16.2 Å². The largest absolute Gasteiger partial charge is 0.396 e. The van der Waals surface area contributed by atoms with Gasteiger partial charge < -0.3 is 25.3 Å². The Kier molecular flexibility index (Phi) is 5.78. The summed E-state index contributed by atoms with van der Waals surface area (Å²) >= 11 is 6.09. The lowest BCUT2D eigenvalue weighted by Crippen LogP contribution is -2.50. The molecule has 9 nitrogen and oxygen atoms in total. The first-order valence-electron chi connectivity index (χ1n) is 11.7. The second-order valence-electron chi connectivity index (χ2n) is 9.71. The van der Waals surface area contributed by atoms with Gasteiger partial charge in [-0.1, -0.05) is 11.6 Å². The lowest BCUT2D eigenvalue weighted by molar-refractivity contribution is 0.0254. The van der Waals surface area contributed by atoms with Crippen molar-refractivity contribution in [3.8, 4) is 0 Å². The van der Waals surface area contributed by atoms with Gasteiger partial charge >= 0.3 is 0 Å². The van der Waals surface area contributed by atoms with Crippen LogP contribution >= 0.6 is 11.6 Å². The Bertz CT molecular complexity index is 1210. The highest BCUT2D eigenvalue weighted by Crippen LogP contribution is 2.53. The molecule has 0 spiro atoms. The molecule has 0 saturated heterocycles. The summed E-state index contributed by atoms with van der Waals surface area (Å²) in [4.78, 5) is 29.1. The Morgan fingerprint density at radius 2 is 2.12 bits per heavy atom. The number of pyridine rings is 1.